The monoisotopic (exact) mass is 209 g/mol. The van der Waals surface area contributed by atoms with Crippen molar-refractivity contribution >= 4 is 5.97 Å². The van der Waals surface area contributed by atoms with E-state index in [1.807, 2.05) is 0 Å². The number of rotatable bonds is 8. The van der Waals surface area contributed by atoms with Crippen LogP contribution in [0, 0.1) is 0 Å². The third-order valence-corrected chi connectivity index (χ3v) is 1.39. The molecule has 0 aromatic carbocycles. The minimum absolute atomic E-state index is 0.0649. The van der Waals surface area contributed by atoms with E-state index in [2.05, 4.69) is 9.62 Å². The number of esters is 1. The maximum Gasteiger partial charge on any atom is 0.332 e. The second-order valence-corrected chi connectivity index (χ2v) is 2.71. The lowest BCUT2D eigenvalue weighted by molar-refractivity contribution is -0.377. The topological polar surface area (TPSA) is 77.8 Å². The van der Waals surface area contributed by atoms with Crippen LogP contribution in [-0.4, -0.2) is 49.3 Å². The van der Waals surface area contributed by atoms with Crippen LogP contribution in [0.15, 0.2) is 0 Å². The van der Waals surface area contributed by atoms with E-state index in [-0.39, 0.29) is 26.1 Å². The van der Waals surface area contributed by atoms with Gasteiger partial charge in [-0.1, -0.05) is 0 Å². The third kappa shape index (κ3) is 7.93. The van der Waals surface area contributed by atoms with Crippen LogP contribution < -0.4 is 0 Å². The number of hydrogen-bond acceptors (Lipinski definition) is 5. The predicted molar refractivity (Wildman–Crippen MR) is 47.7 cm³/mol. The minimum Gasteiger partial charge on any atom is -0.461 e. The van der Waals surface area contributed by atoms with Gasteiger partial charge in [0.05, 0.1) is 6.42 Å². The lowest BCUT2D eigenvalue weighted by atomic mass is 10.3. The van der Waals surface area contributed by atoms with Crippen molar-refractivity contribution < 1.29 is 29.1 Å². The lowest BCUT2D eigenvalue weighted by Gasteiger charge is -2.10. The van der Waals surface area contributed by atoms with E-state index in [1.165, 1.54) is 7.11 Å². The second kappa shape index (κ2) is 8.89. The fraction of sp³-hybridized carbons (Fsp3) is 0.875. The van der Waals surface area contributed by atoms with E-state index >= 15 is 0 Å². The molecule has 2 N–H and O–H groups in total. The Kier molecular flexibility index (Phi) is 8.45. The van der Waals surface area contributed by atoms with Crippen LogP contribution in [0.4, 0.5) is 0 Å². The summed E-state index contributed by atoms with van der Waals surface area (Å²) < 4.78 is 14.3. The van der Waals surface area contributed by atoms with Gasteiger partial charge in [0.25, 0.3) is 0 Å². The van der Waals surface area contributed by atoms with Crippen molar-refractivity contribution in [2.45, 2.75) is 19.4 Å². The molecule has 0 radical (unpaired) electrons. The van der Waals surface area contributed by atoms with Crippen LogP contribution in [-0.2, 0) is 19.0 Å². The van der Waals surface area contributed by atoms with E-state index < -0.39 is 5.97 Å². The first-order valence-electron chi connectivity index (χ1n) is 4.27. The number of methoxy groups -OCH3 is 1. The molecule has 0 amide bonds. The summed E-state index contributed by atoms with van der Waals surface area (Å²) >= 11 is 0. The van der Waals surface area contributed by atoms with Crippen molar-refractivity contribution in [1.82, 2.24) is 0 Å². The van der Waals surface area contributed by atoms with Crippen molar-refractivity contribution in [1.29, 1.82) is 0 Å². The van der Waals surface area contributed by atoms with Crippen molar-refractivity contribution in [3.05, 3.63) is 0 Å². The van der Waals surface area contributed by atoms with Gasteiger partial charge >= 0.3 is 5.97 Å². The number of ether oxygens (including phenoxy) is 3. The van der Waals surface area contributed by atoms with E-state index in [9.17, 15) is 4.79 Å². The molecule has 14 heavy (non-hydrogen) atoms. The van der Waals surface area contributed by atoms with E-state index in [4.69, 9.17) is 14.7 Å². The molecule has 0 saturated carbocycles. The maximum absolute atomic E-state index is 11.0. The summed E-state index contributed by atoms with van der Waals surface area (Å²) in [7, 11) is 1.47. The van der Waals surface area contributed by atoms with Crippen molar-refractivity contribution in [2.75, 3.05) is 27.1 Å². The molecular formula is C8H17O6+. The Morgan fingerprint density at radius 3 is 2.86 bits per heavy atom. The lowest BCUT2D eigenvalue weighted by Crippen LogP contribution is -2.21. The van der Waals surface area contributed by atoms with Gasteiger partial charge in [-0.15, -0.1) is 5.26 Å². The minimum atomic E-state index is -0.451. The first-order valence-corrected chi connectivity index (χ1v) is 4.27. The Bertz CT molecular complexity index is 149. The molecule has 0 aromatic heterocycles. The summed E-state index contributed by atoms with van der Waals surface area (Å²) in [6, 6.07) is 0. The van der Waals surface area contributed by atoms with Crippen LogP contribution in [0.3, 0.4) is 0 Å². The molecule has 0 fully saturated rings. The average Bonchev–Trinajstić information content (AvgIpc) is 2.15. The van der Waals surface area contributed by atoms with Crippen LogP contribution in [0.1, 0.15) is 13.3 Å². The van der Waals surface area contributed by atoms with Crippen molar-refractivity contribution in [3.8, 4) is 0 Å². The Morgan fingerprint density at radius 2 is 2.29 bits per heavy atom. The van der Waals surface area contributed by atoms with Gasteiger partial charge in [-0.2, -0.15) is 0 Å². The fourth-order valence-electron chi connectivity index (χ4n) is 0.765. The maximum atomic E-state index is 11.0. The quantitative estimate of drug-likeness (QED) is 0.151. The fourth-order valence-corrected chi connectivity index (χ4v) is 0.765. The standard InChI is InChI=1S/C8H16O6/c1-7(3-4-13-10)14-8(9)5-12-6-11-2/h7,10H,3-6H2,1-2H3/p+1. The summed E-state index contributed by atoms with van der Waals surface area (Å²) in [6.07, 6.45) is 0.219. The van der Waals surface area contributed by atoms with Crippen molar-refractivity contribution in [2.24, 2.45) is 0 Å². The molecule has 0 aromatic rings. The smallest absolute Gasteiger partial charge is 0.332 e. The molecular weight excluding hydrogens is 192 g/mol. The van der Waals surface area contributed by atoms with Gasteiger partial charge in [0.15, 0.2) is 6.61 Å². The number of carbonyl (C=O) groups is 1. The normalized spacial score (nSPS) is 12.5. The number of hydrogen-bond donors (Lipinski definition) is 1. The zero-order valence-electron chi connectivity index (χ0n) is 8.43. The van der Waals surface area contributed by atoms with Crippen LogP contribution >= 0.6 is 0 Å². The molecule has 84 valence electrons. The molecule has 0 aliphatic heterocycles. The molecule has 1 atom stereocenters. The third-order valence-electron chi connectivity index (χ3n) is 1.39. The molecule has 6 nitrogen and oxygen atoms in total. The molecule has 0 aliphatic carbocycles. The highest BCUT2D eigenvalue weighted by Crippen LogP contribution is 1.97. The van der Waals surface area contributed by atoms with Gasteiger partial charge in [-0.25, -0.2) is 4.79 Å². The molecule has 0 aliphatic rings. The number of carbonyl (C=O) groups excluding carboxylic acids is 1. The molecule has 0 rings (SSSR count). The predicted octanol–water partition coefficient (Wildman–Crippen LogP) is -0.0703. The number of aliphatic hydroxyl groups is 1. The van der Waals surface area contributed by atoms with E-state index in [1.54, 1.807) is 6.92 Å². The Balaban J connectivity index is 3.40. The summed E-state index contributed by atoms with van der Waals surface area (Å²) in [5, 5.41) is 8.17. The van der Waals surface area contributed by atoms with Gasteiger partial charge in [0.1, 0.15) is 19.5 Å². The Labute approximate surface area is 82.6 Å². The molecule has 0 bridgehead atoms. The van der Waals surface area contributed by atoms with Crippen LogP contribution in [0.25, 0.3) is 0 Å². The van der Waals surface area contributed by atoms with Crippen LogP contribution in [0.5, 0.6) is 0 Å². The molecule has 0 heterocycles. The van der Waals surface area contributed by atoms with Gasteiger partial charge in [0, 0.05) is 7.11 Å². The van der Waals surface area contributed by atoms with Crippen molar-refractivity contribution in [3.63, 3.8) is 0 Å². The Morgan fingerprint density at radius 1 is 1.57 bits per heavy atom. The Hall–Kier alpha value is -0.690. The first-order chi connectivity index (χ1) is 6.70. The van der Waals surface area contributed by atoms with Gasteiger partial charge in [-0.3, -0.25) is 4.89 Å². The highest BCUT2D eigenvalue weighted by atomic mass is 17.1. The van der Waals surface area contributed by atoms with Crippen LogP contribution in [0.2, 0.25) is 0 Å². The second-order valence-electron chi connectivity index (χ2n) is 2.71. The average molecular weight is 209 g/mol. The van der Waals surface area contributed by atoms with E-state index in [0.29, 0.717) is 6.42 Å². The van der Waals surface area contributed by atoms with Gasteiger partial charge in [-0.05, 0) is 6.92 Å². The summed E-state index contributed by atoms with van der Waals surface area (Å²) in [4.78, 5) is 13.9. The summed E-state index contributed by atoms with van der Waals surface area (Å²) in [6.45, 7) is 1.91. The highest BCUT2D eigenvalue weighted by molar-refractivity contribution is 5.70. The molecule has 0 saturated heterocycles. The highest BCUT2D eigenvalue weighted by Gasteiger charge is 2.10. The summed E-state index contributed by atoms with van der Waals surface area (Å²) in [5.41, 5.74) is 0. The SMILES string of the molecule is COCOCC(=O)OC(C)CC[OH+]O. The summed E-state index contributed by atoms with van der Waals surface area (Å²) in [5.74, 6) is -0.451. The van der Waals surface area contributed by atoms with E-state index in [0.717, 1.165) is 0 Å². The van der Waals surface area contributed by atoms with Gasteiger partial charge in [0.2, 0.25) is 0 Å². The van der Waals surface area contributed by atoms with Gasteiger partial charge < -0.3 is 14.2 Å². The zero-order valence-corrected chi connectivity index (χ0v) is 8.43. The molecule has 0 spiro atoms. The zero-order chi connectivity index (χ0) is 10.8. The first kappa shape index (κ1) is 13.3. The largest absolute Gasteiger partial charge is 0.461 e. The molecule has 1 unspecified atom stereocenters. The molecule has 6 heteroatoms.